The molecule has 2 heteroatoms. The molecule has 1 heterocycles. The Labute approximate surface area is 307 Å². The summed E-state index contributed by atoms with van der Waals surface area (Å²) in [6, 6.07) is 73.0. The van der Waals surface area contributed by atoms with Crippen LogP contribution in [0.4, 0.5) is 17.1 Å². The summed E-state index contributed by atoms with van der Waals surface area (Å²) in [6.45, 7) is 0. The van der Waals surface area contributed by atoms with Crippen LogP contribution >= 0.6 is 11.3 Å². The highest BCUT2D eigenvalue weighted by molar-refractivity contribution is 7.26. The molecule has 10 aromatic rings. The minimum absolute atomic E-state index is 1.13. The van der Waals surface area contributed by atoms with Crippen molar-refractivity contribution in [1.29, 1.82) is 0 Å². The number of para-hydroxylation sites is 1. The zero-order chi connectivity index (χ0) is 34.4. The van der Waals surface area contributed by atoms with Crippen molar-refractivity contribution in [2.75, 3.05) is 4.90 Å². The molecule has 0 unspecified atom stereocenters. The number of fused-ring (bicyclic) bond motifs is 5. The Morgan fingerprint density at radius 1 is 0.327 bits per heavy atom. The van der Waals surface area contributed by atoms with Crippen molar-refractivity contribution in [2.45, 2.75) is 0 Å². The molecule has 52 heavy (non-hydrogen) atoms. The predicted molar refractivity (Wildman–Crippen MR) is 225 cm³/mol. The van der Waals surface area contributed by atoms with E-state index in [0.29, 0.717) is 0 Å². The molecule has 0 saturated carbocycles. The zero-order valence-electron chi connectivity index (χ0n) is 28.4. The zero-order valence-corrected chi connectivity index (χ0v) is 29.2. The molecule has 0 fully saturated rings. The molecule has 0 radical (unpaired) electrons. The van der Waals surface area contributed by atoms with Gasteiger partial charge in [0, 0.05) is 31.4 Å². The van der Waals surface area contributed by atoms with Crippen molar-refractivity contribution in [2.24, 2.45) is 0 Å². The molecule has 0 aliphatic carbocycles. The number of thiophene rings is 1. The van der Waals surface area contributed by atoms with Gasteiger partial charge in [-0.1, -0.05) is 146 Å². The first-order chi connectivity index (χ1) is 25.8. The van der Waals surface area contributed by atoms with E-state index in [0.717, 1.165) is 11.4 Å². The second-order valence-electron chi connectivity index (χ2n) is 13.4. The fourth-order valence-electron chi connectivity index (χ4n) is 7.68. The van der Waals surface area contributed by atoms with Gasteiger partial charge in [-0.15, -0.1) is 11.3 Å². The summed E-state index contributed by atoms with van der Waals surface area (Å²) in [6.07, 6.45) is 0. The van der Waals surface area contributed by atoms with Crippen LogP contribution in [-0.4, -0.2) is 0 Å². The van der Waals surface area contributed by atoms with Crippen molar-refractivity contribution >= 4 is 70.1 Å². The number of rotatable bonds is 6. The van der Waals surface area contributed by atoms with E-state index in [1.54, 1.807) is 0 Å². The Balaban J connectivity index is 1.14. The lowest BCUT2D eigenvalue weighted by atomic mass is 9.96. The highest BCUT2D eigenvalue weighted by Crippen LogP contribution is 2.47. The van der Waals surface area contributed by atoms with Crippen molar-refractivity contribution in [1.82, 2.24) is 0 Å². The lowest BCUT2D eigenvalue weighted by Gasteiger charge is -2.29. The van der Waals surface area contributed by atoms with E-state index in [4.69, 9.17) is 0 Å². The number of hydrogen-bond acceptors (Lipinski definition) is 2. The molecular formula is C50H33NS. The maximum atomic E-state index is 2.47. The van der Waals surface area contributed by atoms with E-state index in [2.05, 4.69) is 205 Å². The Morgan fingerprint density at radius 2 is 0.904 bits per heavy atom. The average molecular weight is 680 g/mol. The van der Waals surface area contributed by atoms with Crippen LogP contribution in [0.5, 0.6) is 0 Å². The van der Waals surface area contributed by atoms with E-state index in [1.165, 1.54) is 80.8 Å². The summed E-state index contributed by atoms with van der Waals surface area (Å²) in [5, 5.41) is 7.51. The first-order valence-electron chi connectivity index (χ1n) is 17.8. The molecule has 1 nitrogen and oxygen atoms in total. The first-order valence-corrected chi connectivity index (χ1v) is 18.6. The molecule has 9 aromatic carbocycles. The van der Waals surface area contributed by atoms with Crippen LogP contribution in [0.15, 0.2) is 200 Å². The largest absolute Gasteiger partial charge is 0.309 e. The topological polar surface area (TPSA) is 3.24 Å². The van der Waals surface area contributed by atoms with Gasteiger partial charge < -0.3 is 4.90 Å². The smallest absolute Gasteiger partial charge is 0.0555 e. The molecule has 0 spiro atoms. The van der Waals surface area contributed by atoms with Crippen LogP contribution in [0.2, 0.25) is 0 Å². The highest BCUT2D eigenvalue weighted by atomic mass is 32.1. The van der Waals surface area contributed by atoms with Gasteiger partial charge in [-0.25, -0.2) is 0 Å². The van der Waals surface area contributed by atoms with Crippen LogP contribution < -0.4 is 4.90 Å². The molecule has 0 bridgehead atoms. The van der Waals surface area contributed by atoms with Crippen LogP contribution in [0.25, 0.3) is 75.1 Å². The maximum absolute atomic E-state index is 2.47. The Morgan fingerprint density at radius 3 is 1.75 bits per heavy atom. The van der Waals surface area contributed by atoms with Crippen molar-refractivity contribution in [3.05, 3.63) is 200 Å². The predicted octanol–water partition coefficient (Wildman–Crippen LogP) is 14.8. The third kappa shape index (κ3) is 5.33. The Kier molecular flexibility index (Phi) is 7.41. The van der Waals surface area contributed by atoms with Crippen LogP contribution in [0.3, 0.4) is 0 Å². The van der Waals surface area contributed by atoms with E-state index in [9.17, 15) is 0 Å². The molecule has 0 aliphatic heterocycles. The van der Waals surface area contributed by atoms with Gasteiger partial charge >= 0.3 is 0 Å². The third-order valence-electron chi connectivity index (χ3n) is 10.2. The highest BCUT2D eigenvalue weighted by Gasteiger charge is 2.21. The summed E-state index contributed by atoms with van der Waals surface area (Å²) < 4.78 is 2.59. The van der Waals surface area contributed by atoms with Gasteiger partial charge in [-0.2, -0.15) is 0 Å². The number of hydrogen-bond donors (Lipinski definition) is 0. The summed E-state index contributed by atoms with van der Waals surface area (Å²) >= 11 is 1.86. The van der Waals surface area contributed by atoms with Crippen LogP contribution in [0.1, 0.15) is 0 Å². The molecule has 0 aliphatic rings. The molecular weight excluding hydrogens is 647 g/mol. The lowest BCUT2D eigenvalue weighted by Crippen LogP contribution is -2.11. The second kappa shape index (κ2) is 12.7. The van der Waals surface area contributed by atoms with Crippen molar-refractivity contribution < 1.29 is 0 Å². The van der Waals surface area contributed by atoms with Gasteiger partial charge in [-0.3, -0.25) is 0 Å². The van der Waals surface area contributed by atoms with Gasteiger partial charge in [0.1, 0.15) is 0 Å². The fourth-order valence-corrected chi connectivity index (χ4v) is 8.81. The molecule has 0 atom stereocenters. The van der Waals surface area contributed by atoms with E-state index < -0.39 is 0 Å². The Hall–Kier alpha value is -6.48. The number of nitrogens with zero attached hydrogens (tertiary/aromatic N) is 1. The first kappa shape index (κ1) is 30.4. The minimum Gasteiger partial charge on any atom is -0.309 e. The third-order valence-corrected chi connectivity index (χ3v) is 11.3. The van der Waals surface area contributed by atoms with Crippen LogP contribution in [-0.2, 0) is 0 Å². The van der Waals surface area contributed by atoms with E-state index in [1.807, 2.05) is 11.3 Å². The number of anilines is 3. The summed E-state index contributed by atoms with van der Waals surface area (Å²) in [4.78, 5) is 2.47. The molecule has 10 rings (SSSR count). The molecule has 244 valence electrons. The molecule has 0 saturated heterocycles. The van der Waals surface area contributed by atoms with Gasteiger partial charge in [0.2, 0.25) is 0 Å². The van der Waals surface area contributed by atoms with Crippen LogP contribution in [0, 0.1) is 0 Å². The minimum atomic E-state index is 1.13. The number of benzene rings is 9. The molecule has 0 amide bonds. The molecule has 0 N–H and O–H groups in total. The maximum Gasteiger partial charge on any atom is 0.0555 e. The van der Waals surface area contributed by atoms with Gasteiger partial charge in [0.25, 0.3) is 0 Å². The van der Waals surface area contributed by atoms with Gasteiger partial charge in [0.15, 0.2) is 0 Å². The van der Waals surface area contributed by atoms with E-state index >= 15 is 0 Å². The summed E-state index contributed by atoms with van der Waals surface area (Å²) in [5.74, 6) is 0. The molecule has 1 aromatic heterocycles. The lowest BCUT2D eigenvalue weighted by molar-refractivity contribution is 1.31. The average Bonchev–Trinajstić information content (AvgIpc) is 3.61. The Bertz CT molecular complexity index is 2920. The standard InChI is InChI=1S/C50H33NS/c1-2-13-36(14-3-1)44-18-6-8-20-46(44)51(47-21-11-23-49-50(47)45-19-7-9-22-48(45)52-49)43-29-28-35-25-27-41(32-42(35)33-43)39-17-10-16-38(31-39)40-26-24-34-12-4-5-15-37(34)30-40/h1-33H. The second-order valence-corrected chi connectivity index (χ2v) is 14.4. The van der Waals surface area contributed by atoms with Crippen molar-refractivity contribution in [3.63, 3.8) is 0 Å². The SMILES string of the molecule is c1ccc(-c2ccccc2N(c2ccc3ccc(-c4cccc(-c5ccc6ccccc6c5)c4)cc3c2)c2cccc3sc4ccccc4c23)cc1. The fraction of sp³-hybridized carbons (Fsp3) is 0. The summed E-state index contributed by atoms with van der Waals surface area (Å²) in [5.41, 5.74) is 10.7. The summed E-state index contributed by atoms with van der Waals surface area (Å²) in [7, 11) is 0. The quantitative estimate of drug-likeness (QED) is 0.169. The monoisotopic (exact) mass is 679 g/mol. The van der Waals surface area contributed by atoms with E-state index in [-0.39, 0.29) is 0 Å². The normalized spacial score (nSPS) is 11.5. The van der Waals surface area contributed by atoms with Gasteiger partial charge in [0.05, 0.1) is 11.4 Å². The van der Waals surface area contributed by atoms with Crippen molar-refractivity contribution in [3.8, 4) is 33.4 Å². The van der Waals surface area contributed by atoms with Gasteiger partial charge in [-0.05, 0) is 104 Å².